The minimum absolute atomic E-state index is 0.0401. The van der Waals surface area contributed by atoms with Gasteiger partial charge < -0.3 is 15.5 Å². The van der Waals surface area contributed by atoms with Crippen molar-refractivity contribution in [2.75, 3.05) is 19.6 Å². The van der Waals surface area contributed by atoms with Gasteiger partial charge in [-0.15, -0.1) is 0 Å². The van der Waals surface area contributed by atoms with Gasteiger partial charge in [0.15, 0.2) is 0 Å². The average Bonchev–Trinajstić information content (AvgIpc) is 2.73. The number of ketones is 1. The van der Waals surface area contributed by atoms with Crippen LogP contribution < -0.4 is 10.6 Å². The molecule has 0 saturated heterocycles. The van der Waals surface area contributed by atoms with Crippen molar-refractivity contribution in [3.05, 3.63) is 35.9 Å². The van der Waals surface area contributed by atoms with Gasteiger partial charge >= 0.3 is 0 Å². The van der Waals surface area contributed by atoms with Crippen molar-refractivity contribution in [2.45, 2.75) is 60.4 Å². The van der Waals surface area contributed by atoms with Gasteiger partial charge in [0.2, 0.25) is 17.7 Å². The minimum atomic E-state index is -0.333. The fraction of sp³-hybridized carbons (Fsp3) is 0.565. The standard InChI is InChI=1S/C21H31N3O4.C2H6/c1-16(17(2)25)9-7-8-12-22-20(27)14-24(18(3)26)15-21(28)23-13-19-10-5-4-6-11-19;1-2/h4-6,10-11,16H,7-9,12-15H2,1-3H3,(H,22,27)(H,23,28);1-2H3/t16-;/m0./s1. The van der Waals surface area contributed by atoms with E-state index in [-0.39, 0.29) is 42.5 Å². The summed E-state index contributed by atoms with van der Waals surface area (Å²) in [6.07, 6.45) is 2.41. The molecule has 1 rings (SSSR count). The smallest absolute Gasteiger partial charge is 0.239 e. The summed E-state index contributed by atoms with van der Waals surface area (Å²) in [5, 5.41) is 5.50. The largest absolute Gasteiger partial charge is 0.355 e. The maximum Gasteiger partial charge on any atom is 0.239 e. The van der Waals surface area contributed by atoms with E-state index in [2.05, 4.69) is 10.6 Å². The maximum atomic E-state index is 12.1. The van der Waals surface area contributed by atoms with E-state index in [1.165, 1.54) is 11.8 Å². The fourth-order valence-electron chi connectivity index (χ4n) is 2.54. The molecule has 0 aromatic heterocycles. The Morgan fingerprint density at radius 2 is 1.47 bits per heavy atom. The van der Waals surface area contributed by atoms with Crippen LogP contribution in [0, 0.1) is 5.92 Å². The Balaban J connectivity index is 0.00000407. The van der Waals surface area contributed by atoms with Crippen molar-refractivity contribution < 1.29 is 19.2 Å². The molecule has 0 unspecified atom stereocenters. The molecule has 0 saturated carbocycles. The Bertz CT molecular complexity index is 662. The zero-order valence-corrected chi connectivity index (χ0v) is 19.0. The molecule has 0 aliphatic heterocycles. The van der Waals surface area contributed by atoms with Gasteiger partial charge in [-0.25, -0.2) is 0 Å². The van der Waals surface area contributed by atoms with Gasteiger partial charge in [-0.2, -0.15) is 0 Å². The molecule has 1 atom stereocenters. The number of hydrogen-bond acceptors (Lipinski definition) is 4. The lowest BCUT2D eigenvalue weighted by Gasteiger charge is -2.20. The van der Waals surface area contributed by atoms with Crippen molar-refractivity contribution in [2.24, 2.45) is 5.92 Å². The number of nitrogens with one attached hydrogen (secondary N) is 2. The van der Waals surface area contributed by atoms with Crippen molar-refractivity contribution in [3.63, 3.8) is 0 Å². The number of carbonyl (C=O) groups is 4. The van der Waals surface area contributed by atoms with Crippen LogP contribution in [-0.2, 0) is 25.7 Å². The van der Waals surface area contributed by atoms with Crippen molar-refractivity contribution in [1.82, 2.24) is 15.5 Å². The predicted octanol–water partition coefficient (Wildman–Crippen LogP) is 2.69. The second kappa shape index (κ2) is 16.1. The van der Waals surface area contributed by atoms with E-state index in [0.29, 0.717) is 13.1 Å². The van der Waals surface area contributed by atoms with Gasteiger partial charge in [-0.1, -0.05) is 57.5 Å². The van der Waals surface area contributed by atoms with Gasteiger partial charge in [0.25, 0.3) is 0 Å². The normalized spacial score (nSPS) is 10.8. The summed E-state index contributed by atoms with van der Waals surface area (Å²) in [4.78, 5) is 48.2. The van der Waals surface area contributed by atoms with Crippen molar-refractivity contribution >= 4 is 23.5 Å². The van der Waals surface area contributed by atoms with Crippen LogP contribution in [-0.4, -0.2) is 48.0 Å². The third-order valence-corrected chi connectivity index (χ3v) is 4.53. The lowest BCUT2D eigenvalue weighted by atomic mass is 10.0. The van der Waals surface area contributed by atoms with Crippen LogP contribution in [0.1, 0.15) is 59.4 Å². The van der Waals surface area contributed by atoms with Gasteiger partial charge in [-0.3, -0.25) is 19.2 Å². The number of carbonyl (C=O) groups excluding carboxylic acids is 4. The Labute approximate surface area is 180 Å². The molecule has 0 radical (unpaired) electrons. The zero-order valence-electron chi connectivity index (χ0n) is 19.0. The van der Waals surface area contributed by atoms with Crippen LogP contribution in [0.2, 0.25) is 0 Å². The lowest BCUT2D eigenvalue weighted by Crippen LogP contribution is -2.45. The van der Waals surface area contributed by atoms with Gasteiger partial charge in [0.05, 0.1) is 0 Å². The summed E-state index contributed by atoms with van der Waals surface area (Å²) in [7, 11) is 0. The van der Waals surface area contributed by atoms with Crippen LogP contribution in [0.4, 0.5) is 0 Å². The van der Waals surface area contributed by atoms with E-state index in [0.717, 1.165) is 24.8 Å². The summed E-state index contributed by atoms with van der Waals surface area (Å²) in [6, 6.07) is 9.45. The zero-order chi connectivity index (χ0) is 22.9. The average molecular weight is 420 g/mol. The molecule has 0 spiro atoms. The SMILES string of the molecule is CC.CC(=O)[C@@H](C)CCCCNC(=O)CN(CC(=O)NCc1ccccc1)C(C)=O. The number of amides is 3. The number of benzene rings is 1. The first-order valence-electron chi connectivity index (χ1n) is 10.6. The summed E-state index contributed by atoms with van der Waals surface area (Å²) in [5.74, 6) is -0.735. The highest BCUT2D eigenvalue weighted by Crippen LogP contribution is 2.08. The summed E-state index contributed by atoms with van der Waals surface area (Å²) in [5.41, 5.74) is 0.960. The molecule has 7 nitrogen and oxygen atoms in total. The van der Waals surface area contributed by atoms with Crippen LogP contribution in [0.15, 0.2) is 30.3 Å². The topological polar surface area (TPSA) is 95.6 Å². The monoisotopic (exact) mass is 419 g/mol. The molecule has 3 amide bonds. The molecule has 0 fully saturated rings. The fourth-order valence-corrected chi connectivity index (χ4v) is 2.54. The molecule has 0 bridgehead atoms. The summed E-state index contributed by atoms with van der Waals surface area (Å²) < 4.78 is 0. The third kappa shape index (κ3) is 12.7. The number of hydrogen-bond donors (Lipinski definition) is 2. The molecule has 1 aromatic carbocycles. The van der Waals surface area contributed by atoms with E-state index in [1.807, 2.05) is 51.1 Å². The van der Waals surface area contributed by atoms with Crippen molar-refractivity contribution in [1.29, 1.82) is 0 Å². The Hall–Kier alpha value is -2.70. The van der Waals surface area contributed by atoms with Crippen LogP contribution in [0.3, 0.4) is 0 Å². The van der Waals surface area contributed by atoms with Gasteiger partial charge in [0, 0.05) is 25.9 Å². The molecule has 2 N–H and O–H groups in total. The second-order valence-corrected chi connectivity index (χ2v) is 6.99. The highest BCUT2D eigenvalue weighted by molar-refractivity contribution is 5.88. The Kier molecular flexibility index (Phi) is 14.7. The molecule has 30 heavy (non-hydrogen) atoms. The molecule has 7 heteroatoms. The first-order valence-corrected chi connectivity index (χ1v) is 10.6. The van der Waals surface area contributed by atoms with E-state index >= 15 is 0 Å². The summed E-state index contributed by atoms with van der Waals surface area (Å²) in [6.45, 7) is 9.35. The van der Waals surface area contributed by atoms with E-state index in [4.69, 9.17) is 0 Å². The molecule has 168 valence electrons. The summed E-state index contributed by atoms with van der Waals surface area (Å²) >= 11 is 0. The van der Waals surface area contributed by atoms with E-state index in [1.54, 1.807) is 6.92 Å². The first-order chi connectivity index (χ1) is 14.3. The molecular formula is C23H37N3O4. The number of rotatable bonds is 12. The van der Waals surface area contributed by atoms with Crippen LogP contribution >= 0.6 is 0 Å². The number of nitrogens with zero attached hydrogens (tertiary/aromatic N) is 1. The quantitative estimate of drug-likeness (QED) is 0.509. The van der Waals surface area contributed by atoms with Gasteiger partial charge in [-0.05, 0) is 25.3 Å². The van der Waals surface area contributed by atoms with Crippen molar-refractivity contribution in [3.8, 4) is 0 Å². The Morgan fingerprint density at radius 3 is 2.00 bits per heavy atom. The highest BCUT2D eigenvalue weighted by Gasteiger charge is 2.17. The second-order valence-electron chi connectivity index (χ2n) is 6.99. The number of Topliss-reactive ketones (excluding diaryl/α,β-unsaturated/α-hetero) is 1. The highest BCUT2D eigenvalue weighted by atomic mass is 16.2. The minimum Gasteiger partial charge on any atom is -0.355 e. The van der Waals surface area contributed by atoms with Gasteiger partial charge in [0.1, 0.15) is 18.9 Å². The van der Waals surface area contributed by atoms with Crippen LogP contribution in [0.5, 0.6) is 0 Å². The molecule has 1 aromatic rings. The van der Waals surface area contributed by atoms with Crippen LogP contribution in [0.25, 0.3) is 0 Å². The molecule has 0 aliphatic carbocycles. The predicted molar refractivity (Wildman–Crippen MR) is 119 cm³/mol. The van der Waals surface area contributed by atoms with E-state index < -0.39 is 0 Å². The molecular weight excluding hydrogens is 382 g/mol. The number of unbranched alkanes of at least 4 members (excludes halogenated alkanes) is 1. The third-order valence-electron chi connectivity index (χ3n) is 4.53. The maximum absolute atomic E-state index is 12.1. The van der Waals surface area contributed by atoms with E-state index in [9.17, 15) is 19.2 Å². The molecule has 0 aliphatic rings. The lowest BCUT2D eigenvalue weighted by molar-refractivity contribution is -0.137. The first kappa shape index (κ1) is 27.3. The Morgan fingerprint density at radius 1 is 0.900 bits per heavy atom. The molecule has 0 heterocycles.